The molecule has 1 amide bonds. The minimum absolute atomic E-state index is 0.0197. The van der Waals surface area contributed by atoms with E-state index in [0.717, 1.165) is 19.5 Å². The maximum atomic E-state index is 11.4. The normalized spacial score (nSPS) is 27.4. The van der Waals surface area contributed by atoms with Crippen molar-refractivity contribution in [3.05, 3.63) is 0 Å². The molecule has 0 bridgehead atoms. The van der Waals surface area contributed by atoms with Crippen molar-refractivity contribution in [2.45, 2.75) is 39.7 Å². The van der Waals surface area contributed by atoms with Gasteiger partial charge in [0.15, 0.2) is 0 Å². The summed E-state index contributed by atoms with van der Waals surface area (Å²) in [5, 5.41) is 8.89. The van der Waals surface area contributed by atoms with Gasteiger partial charge in [-0.2, -0.15) is 5.26 Å². The number of carbonyl (C=O) groups is 1. The smallest absolute Gasteiger partial charge is 0.234 e. The topological polar surface area (TPSA) is 70.1 Å². The van der Waals surface area contributed by atoms with E-state index >= 15 is 0 Å². The van der Waals surface area contributed by atoms with E-state index in [0.29, 0.717) is 6.42 Å². The monoisotopic (exact) mass is 223 g/mol. The first-order valence-electron chi connectivity index (χ1n) is 5.76. The molecule has 0 aromatic heterocycles. The van der Waals surface area contributed by atoms with Crippen LogP contribution in [0.5, 0.6) is 0 Å². The van der Waals surface area contributed by atoms with Crippen molar-refractivity contribution in [1.82, 2.24) is 4.90 Å². The zero-order valence-corrected chi connectivity index (χ0v) is 10.4. The van der Waals surface area contributed by atoms with Gasteiger partial charge >= 0.3 is 0 Å². The second-order valence-corrected chi connectivity index (χ2v) is 5.80. The lowest BCUT2D eigenvalue weighted by atomic mass is 9.88. The Bertz CT molecular complexity index is 300. The molecule has 2 N–H and O–H groups in total. The predicted octanol–water partition coefficient (Wildman–Crippen LogP) is 1.12. The van der Waals surface area contributed by atoms with Crippen molar-refractivity contribution in [2.75, 3.05) is 13.1 Å². The largest absolute Gasteiger partial charge is 0.368 e. The highest BCUT2D eigenvalue weighted by Gasteiger charge is 2.33. The van der Waals surface area contributed by atoms with Crippen LogP contribution in [0.2, 0.25) is 0 Å². The van der Waals surface area contributed by atoms with Gasteiger partial charge in [0.05, 0.1) is 12.1 Å². The van der Waals surface area contributed by atoms with Gasteiger partial charge in [-0.1, -0.05) is 20.8 Å². The minimum atomic E-state index is -0.302. The molecule has 1 aliphatic rings. The van der Waals surface area contributed by atoms with Crippen LogP contribution in [-0.4, -0.2) is 29.9 Å². The van der Waals surface area contributed by atoms with E-state index in [1.807, 2.05) is 0 Å². The Labute approximate surface area is 97.4 Å². The number of nitrogens with zero attached hydrogens (tertiary/aromatic N) is 2. The molecular formula is C12H21N3O. The third-order valence-corrected chi connectivity index (χ3v) is 2.90. The molecule has 0 radical (unpaired) electrons. The molecule has 0 aliphatic carbocycles. The summed E-state index contributed by atoms with van der Waals surface area (Å²) in [6.07, 6.45) is 1.43. The van der Waals surface area contributed by atoms with Crippen LogP contribution >= 0.6 is 0 Å². The quantitative estimate of drug-likeness (QED) is 0.762. The molecule has 16 heavy (non-hydrogen) atoms. The van der Waals surface area contributed by atoms with Crippen LogP contribution in [0.25, 0.3) is 0 Å². The Hall–Kier alpha value is -1.08. The van der Waals surface area contributed by atoms with E-state index in [4.69, 9.17) is 11.0 Å². The predicted molar refractivity (Wildman–Crippen MR) is 62.3 cm³/mol. The first-order chi connectivity index (χ1) is 7.33. The number of hydrogen-bond acceptors (Lipinski definition) is 3. The molecular weight excluding hydrogens is 202 g/mol. The third-order valence-electron chi connectivity index (χ3n) is 2.90. The van der Waals surface area contributed by atoms with Crippen molar-refractivity contribution >= 4 is 5.91 Å². The van der Waals surface area contributed by atoms with E-state index in [1.165, 1.54) is 0 Å². The Morgan fingerprint density at radius 1 is 1.56 bits per heavy atom. The fourth-order valence-corrected chi connectivity index (χ4v) is 2.23. The number of carbonyl (C=O) groups excluding carboxylic acids is 1. The minimum Gasteiger partial charge on any atom is -0.368 e. The van der Waals surface area contributed by atoms with Gasteiger partial charge in [-0.25, -0.2) is 0 Å². The van der Waals surface area contributed by atoms with Gasteiger partial charge in [-0.3, -0.25) is 9.69 Å². The number of nitriles is 1. The number of nitrogens with two attached hydrogens (primary N) is 1. The average molecular weight is 223 g/mol. The number of likely N-dealkylation sites (tertiary alicyclic amines) is 1. The first kappa shape index (κ1) is 13.0. The van der Waals surface area contributed by atoms with Gasteiger partial charge < -0.3 is 5.73 Å². The summed E-state index contributed by atoms with van der Waals surface area (Å²) < 4.78 is 0. The number of amides is 1. The Morgan fingerprint density at radius 2 is 2.19 bits per heavy atom. The van der Waals surface area contributed by atoms with Crippen LogP contribution in [0.3, 0.4) is 0 Å². The summed E-state index contributed by atoms with van der Waals surface area (Å²) in [7, 11) is 0. The summed E-state index contributed by atoms with van der Waals surface area (Å²) >= 11 is 0. The van der Waals surface area contributed by atoms with Gasteiger partial charge in [0.2, 0.25) is 5.91 Å². The van der Waals surface area contributed by atoms with Crippen molar-refractivity contribution < 1.29 is 4.79 Å². The molecule has 0 spiro atoms. The van der Waals surface area contributed by atoms with Crippen molar-refractivity contribution in [3.63, 3.8) is 0 Å². The van der Waals surface area contributed by atoms with Gasteiger partial charge in [0.25, 0.3) is 0 Å². The molecule has 1 heterocycles. The van der Waals surface area contributed by atoms with Crippen LogP contribution in [0.4, 0.5) is 0 Å². The molecule has 4 heteroatoms. The lowest BCUT2D eigenvalue weighted by molar-refractivity contribution is -0.125. The first-order valence-corrected chi connectivity index (χ1v) is 5.76. The molecule has 1 rings (SSSR count). The highest BCUT2D eigenvalue weighted by atomic mass is 16.1. The molecule has 2 atom stereocenters. The van der Waals surface area contributed by atoms with Crippen molar-refractivity contribution in [2.24, 2.45) is 17.1 Å². The van der Waals surface area contributed by atoms with E-state index < -0.39 is 0 Å². The van der Waals surface area contributed by atoms with Crippen molar-refractivity contribution in [1.29, 1.82) is 5.26 Å². The SMILES string of the molecule is CC(C)(C)CN1CCC(C#N)CC1C(N)=O. The summed E-state index contributed by atoms with van der Waals surface area (Å²) in [5.74, 6) is -0.321. The standard InChI is InChI=1S/C12H21N3O/c1-12(2,3)8-15-5-4-9(7-13)6-10(15)11(14)16/h9-10H,4-6,8H2,1-3H3,(H2,14,16). The summed E-state index contributed by atoms with van der Waals surface area (Å²) in [6, 6.07) is 1.97. The summed E-state index contributed by atoms with van der Waals surface area (Å²) in [5.41, 5.74) is 5.55. The maximum Gasteiger partial charge on any atom is 0.234 e. The molecule has 0 aromatic rings. The average Bonchev–Trinajstić information content (AvgIpc) is 2.15. The second-order valence-electron chi connectivity index (χ2n) is 5.80. The lowest BCUT2D eigenvalue weighted by Crippen LogP contribution is -2.52. The molecule has 1 fully saturated rings. The summed E-state index contributed by atoms with van der Waals surface area (Å²) in [4.78, 5) is 13.5. The van der Waals surface area contributed by atoms with Gasteiger partial charge in [0.1, 0.15) is 0 Å². The van der Waals surface area contributed by atoms with Crippen LogP contribution < -0.4 is 5.73 Å². The Morgan fingerprint density at radius 3 is 2.62 bits per heavy atom. The number of rotatable bonds is 2. The molecule has 0 aromatic carbocycles. The van der Waals surface area contributed by atoms with Crippen molar-refractivity contribution in [3.8, 4) is 6.07 Å². The molecule has 0 saturated carbocycles. The van der Waals surface area contributed by atoms with Gasteiger partial charge in [-0.15, -0.1) is 0 Å². The zero-order chi connectivity index (χ0) is 12.3. The lowest BCUT2D eigenvalue weighted by Gasteiger charge is -2.39. The van der Waals surface area contributed by atoms with Gasteiger partial charge in [0, 0.05) is 19.0 Å². The fraction of sp³-hybridized carbons (Fsp3) is 0.833. The van der Waals surface area contributed by atoms with E-state index in [9.17, 15) is 4.79 Å². The number of hydrogen-bond donors (Lipinski definition) is 1. The highest BCUT2D eigenvalue weighted by Crippen LogP contribution is 2.26. The third kappa shape index (κ3) is 3.49. The molecule has 2 unspecified atom stereocenters. The van der Waals surface area contributed by atoms with Crippen LogP contribution in [-0.2, 0) is 4.79 Å². The second kappa shape index (κ2) is 4.84. The molecule has 4 nitrogen and oxygen atoms in total. The fourth-order valence-electron chi connectivity index (χ4n) is 2.23. The number of primary amides is 1. The Kier molecular flexibility index (Phi) is 3.93. The maximum absolute atomic E-state index is 11.4. The van der Waals surface area contributed by atoms with Crippen LogP contribution in [0.1, 0.15) is 33.6 Å². The summed E-state index contributed by atoms with van der Waals surface area (Å²) in [6.45, 7) is 8.06. The molecule has 1 saturated heterocycles. The van der Waals surface area contributed by atoms with E-state index in [-0.39, 0.29) is 23.3 Å². The van der Waals surface area contributed by atoms with E-state index in [2.05, 4.69) is 31.7 Å². The zero-order valence-electron chi connectivity index (χ0n) is 10.4. The van der Waals surface area contributed by atoms with Crippen LogP contribution in [0, 0.1) is 22.7 Å². The van der Waals surface area contributed by atoms with Crippen LogP contribution in [0.15, 0.2) is 0 Å². The van der Waals surface area contributed by atoms with E-state index in [1.54, 1.807) is 0 Å². The number of piperidine rings is 1. The highest BCUT2D eigenvalue weighted by molar-refractivity contribution is 5.80. The molecule has 90 valence electrons. The van der Waals surface area contributed by atoms with Gasteiger partial charge in [-0.05, 0) is 18.3 Å². The Balaban J connectivity index is 2.70. The molecule has 1 aliphatic heterocycles.